The van der Waals surface area contributed by atoms with Crippen LogP contribution in [0.3, 0.4) is 0 Å². The van der Waals surface area contributed by atoms with Crippen LogP contribution in [0.4, 0.5) is 10.3 Å². The number of anilines is 1. The first-order valence-corrected chi connectivity index (χ1v) is 8.94. The summed E-state index contributed by atoms with van der Waals surface area (Å²) in [6.45, 7) is 2.78. The molecule has 1 atom stereocenters. The second-order valence-electron chi connectivity index (χ2n) is 6.89. The minimum Gasteiger partial charge on any atom is -0.390 e. The number of para-hydroxylation sites is 1. The lowest BCUT2D eigenvalue weighted by molar-refractivity contribution is 0.114. The van der Waals surface area contributed by atoms with Crippen molar-refractivity contribution in [2.24, 2.45) is 7.05 Å². The Hall–Kier alpha value is -2.44. The summed E-state index contributed by atoms with van der Waals surface area (Å²) in [6.07, 6.45) is 0.491. The van der Waals surface area contributed by atoms with Gasteiger partial charge in [-0.25, -0.2) is 9.37 Å². The van der Waals surface area contributed by atoms with Crippen molar-refractivity contribution < 1.29 is 9.50 Å². The van der Waals surface area contributed by atoms with E-state index in [9.17, 15) is 9.50 Å². The summed E-state index contributed by atoms with van der Waals surface area (Å²) in [6, 6.07) is 13.3. The molecule has 0 bridgehead atoms. The quantitative estimate of drug-likeness (QED) is 0.739. The molecule has 136 valence electrons. The number of β-amino-alcohol motifs (C(OH)–C–C–N with tert-alkyl or cyclic N) is 1. The first-order valence-electron chi connectivity index (χ1n) is 8.94. The summed E-state index contributed by atoms with van der Waals surface area (Å²) in [5.74, 6) is 0.270. The molecule has 5 nitrogen and oxygen atoms in total. The predicted molar refractivity (Wildman–Crippen MR) is 101 cm³/mol. The standard InChI is InChI=1S/C20H23FN4O/c1-24-19-17(21)7-4-8-18(19)23-20(24)22-11-16(26)13-25-10-9-14-5-2-3-6-15(14)12-25/h2-8,16,26H,9-13H2,1H3,(H,22,23). The molecule has 1 unspecified atom stereocenters. The fraction of sp³-hybridized carbons (Fsp3) is 0.350. The van der Waals surface area contributed by atoms with Crippen molar-refractivity contribution in [1.29, 1.82) is 0 Å². The van der Waals surface area contributed by atoms with Crippen LogP contribution in [0.25, 0.3) is 11.0 Å². The predicted octanol–water partition coefficient (Wildman–Crippen LogP) is 2.54. The smallest absolute Gasteiger partial charge is 0.203 e. The van der Waals surface area contributed by atoms with E-state index in [-0.39, 0.29) is 5.82 Å². The molecule has 1 aliphatic rings. The zero-order chi connectivity index (χ0) is 18.1. The van der Waals surface area contributed by atoms with Gasteiger partial charge in [-0.05, 0) is 29.7 Å². The van der Waals surface area contributed by atoms with E-state index in [0.717, 1.165) is 19.5 Å². The van der Waals surface area contributed by atoms with Crippen molar-refractivity contribution >= 4 is 17.0 Å². The third-order valence-electron chi connectivity index (χ3n) is 5.02. The number of benzene rings is 2. The minimum absolute atomic E-state index is 0.293. The molecule has 0 amide bonds. The fourth-order valence-corrected chi connectivity index (χ4v) is 3.66. The highest BCUT2D eigenvalue weighted by Crippen LogP contribution is 2.21. The first kappa shape index (κ1) is 17.0. The van der Waals surface area contributed by atoms with E-state index in [1.807, 2.05) is 0 Å². The maximum Gasteiger partial charge on any atom is 0.203 e. The summed E-state index contributed by atoms with van der Waals surface area (Å²) >= 11 is 0. The van der Waals surface area contributed by atoms with Crippen molar-refractivity contribution in [2.45, 2.75) is 19.1 Å². The monoisotopic (exact) mass is 354 g/mol. The van der Waals surface area contributed by atoms with Gasteiger partial charge in [-0.1, -0.05) is 30.3 Å². The number of nitrogens with zero attached hydrogens (tertiary/aromatic N) is 3. The fourth-order valence-electron chi connectivity index (χ4n) is 3.66. The van der Waals surface area contributed by atoms with E-state index in [4.69, 9.17) is 0 Å². The number of aliphatic hydroxyl groups is 1. The molecule has 4 rings (SSSR count). The number of imidazole rings is 1. The molecule has 0 fully saturated rings. The van der Waals surface area contributed by atoms with E-state index in [1.54, 1.807) is 23.7 Å². The summed E-state index contributed by atoms with van der Waals surface area (Å²) in [5, 5.41) is 13.6. The minimum atomic E-state index is -0.523. The van der Waals surface area contributed by atoms with Gasteiger partial charge >= 0.3 is 0 Å². The Bertz CT molecular complexity index is 923. The van der Waals surface area contributed by atoms with Gasteiger partial charge in [0.05, 0.1) is 11.6 Å². The van der Waals surface area contributed by atoms with Gasteiger partial charge in [-0.3, -0.25) is 4.90 Å². The Kier molecular flexibility index (Phi) is 4.61. The second kappa shape index (κ2) is 7.05. The molecule has 0 spiro atoms. The Morgan fingerprint density at radius 1 is 1.19 bits per heavy atom. The SMILES string of the molecule is Cn1c(NCC(O)CN2CCc3ccccc3C2)nc2cccc(F)c21. The molecule has 26 heavy (non-hydrogen) atoms. The molecule has 0 aliphatic carbocycles. The first-order chi connectivity index (χ1) is 12.6. The van der Waals surface area contributed by atoms with E-state index < -0.39 is 6.10 Å². The van der Waals surface area contributed by atoms with Crippen molar-refractivity contribution in [3.05, 3.63) is 59.4 Å². The number of hydrogen-bond donors (Lipinski definition) is 2. The molecule has 0 saturated heterocycles. The van der Waals surface area contributed by atoms with Crippen LogP contribution in [-0.4, -0.2) is 45.3 Å². The topological polar surface area (TPSA) is 53.3 Å². The molecule has 3 aromatic rings. The Balaban J connectivity index is 1.37. The lowest BCUT2D eigenvalue weighted by Gasteiger charge is -2.30. The van der Waals surface area contributed by atoms with E-state index in [0.29, 0.717) is 30.1 Å². The third kappa shape index (κ3) is 3.30. The van der Waals surface area contributed by atoms with Crippen molar-refractivity contribution in [3.8, 4) is 0 Å². The van der Waals surface area contributed by atoms with Gasteiger partial charge in [-0.2, -0.15) is 0 Å². The third-order valence-corrected chi connectivity index (χ3v) is 5.02. The Morgan fingerprint density at radius 2 is 2.00 bits per heavy atom. The van der Waals surface area contributed by atoms with E-state index in [2.05, 4.69) is 39.5 Å². The van der Waals surface area contributed by atoms with Crippen LogP contribution in [0.15, 0.2) is 42.5 Å². The van der Waals surface area contributed by atoms with Crippen LogP contribution in [0.2, 0.25) is 0 Å². The molecule has 0 radical (unpaired) electrons. The summed E-state index contributed by atoms with van der Waals surface area (Å²) < 4.78 is 15.6. The highest BCUT2D eigenvalue weighted by atomic mass is 19.1. The van der Waals surface area contributed by atoms with Crippen molar-refractivity contribution in [1.82, 2.24) is 14.5 Å². The number of fused-ring (bicyclic) bond motifs is 2. The summed E-state index contributed by atoms with van der Waals surface area (Å²) in [7, 11) is 1.77. The molecule has 1 aromatic heterocycles. The molecule has 2 N–H and O–H groups in total. The Morgan fingerprint density at radius 3 is 2.81 bits per heavy atom. The van der Waals surface area contributed by atoms with Gasteiger partial charge in [0.1, 0.15) is 11.3 Å². The number of aryl methyl sites for hydroxylation is 1. The van der Waals surface area contributed by atoms with Gasteiger partial charge in [0, 0.05) is 33.2 Å². The molecular formula is C20H23FN4O. The summed E-state index contributed by atoms with van der Waals surface area (Å²) in [5.41, 5.74) is 3.82. The number of nitrogens with one attached hydrogen (secondary N) is 1. The number of halogens is 1. The maximum atomic E-state index is 13.9. The van der Waals surface area contributed by atoms with Crippen LogP contribution in [0.5, 0.6) is 0 Å². The summed E-state index contributed by atoms with van der Waals surface area (Å²) in [4.78, 5) is 6.68. The highest BCUT2D eigenvalue weighted by Gasteiger charge is 2.19. The lowest BCUT2D eigenvalue weighted by atomic mass is 10.00. The van der Waals surface area contributed by atoms with Gasteiger partial charge in [-0.15, -0.1) is 0 Å². The largest absolute Gasteiger partial charge is 0.390 e. The van der Waals surface area contributed by atoms with E-state index in [1.165, 1.54) is 17.2 Å². The number of hydrogen-bond acceptors (Lipinski definition) is 4. The zero-order valence-corrected chi connectivity index (χ0v) is 14.8. The van der Waals surface area contributed by atoms with Gasteiger partial charge in [0.2, 0.25) is 5.95 Å². The van der Waals surface area contributed by atoms with Crippen molar-refractivity contribution in [3.63, 3.8) is 0 Å². The average Bonchev–Trinajstić information content (AvgIpc) is 2.97. The van der Waals surface area contributed by atoms with Crippen LogP contribution in [0.1, 0.15) is 11.1 Å². The molecule has 2 heterocycles. The van der Waals surface area contributed by atoms with Crippen LogP contribution >= 0.6 is 0 Å². The van der Waals surface area contributed by atoms with Crippen LogP contribution in [-0.2, 0) is 20.0 Å². The van der Waals surface area contributed by atoms with E-state index >= 15 is 0 Å². The zero-order valence-electron chi connectivity index (χ0n) is 14.8. The van der Waals surface area contributed by atoms with Gasteiger partial charge in [0.25, 0.3) is 0 Å². The molecule has 1 aliphatic heterocycles. The Labute approximate surface area is 152 Å². The lowest BCUT2D eigenvalue weighted by Crippen LogP contribution is -2.39. The van der Waals surface area contributed by atoms with Gasteiger partial charge < -0.3 is 15.0 Å². The van der Waals surface area contributed by atoms with Gasteiger partial charge in [0.15, 0.2) is 0 Å². The maximum absolute atomic E-state index is 13.9. The normalized spacial score (nSPS) is 15.8. The number of aliphatic hydroxyl groups excluding tert-OH is 1. The van der Waals surface area contributed by atoms with Crippen molar-refractivity contribution in [2.75, 3.05) is 25.0 Å². The number of rotatable bonds is 5. The molecule has 0 saturated carbocycles. The second-order valence-corrected chi connectivity index (χ2v) is 6.89. The molecule has 2 aromatic carbocycles. The van der Waals surface area contributed by atoms with Crippen LogP contribution in [0, 0.1) is 5.82 Å². The highest BCUT2D eigenvalue weighted by molar-refractivity contribution is 5.79. The number of aromatic nitrogens is 2. The average molecular weight is 354 g/mol. The van der Waals surface area contributed by atoms with Crippen LogP contribution < -0.4 is 5.32 Å². The molecular weight excluding hydrogens is 331 g/mol. The molecule has 6 heteroatoms.